The van der Waals surface area contributed by atoms with Gasteiger partial charge in [-0.3, -0.25) is 23.2 Å². The molecule has 1 unspecified atom stereocenters. The molecule has 1 aliphatic rings. The third-order valence-corrected chi connectivity index (χ3v) is 13.2. The monoisotopic (exact) mass is 962 g/mol. The van der Waals surface area contributed by atoms with Crippen molar-refractivity contribution in [2.24, 2.45) is 0 Å². The second-order valence-electron chi connectivity index (χ2n) is 19.3. The lowest BCUT2D eigenvalue weighted by atomic mass is 10.1. The Kier molecular flexibility index (Phi) is 29.6. The fraction of sp³-hybridized carbons (Fsp3) is 0.784. The van der Waals surface area contributed by atoms with Gasteiger partial charge in [0.15, 0.2) is 29.9 Å². The Labute approximate surface area is 403 Å². The minimum absolute atomic E-state index is 0.0292. The largest absolute Gasteiger partial charge is 0.472 e. The molecule has 5 atom stereocenters. The van der Waals surface area contributed by atoms with E-state index in [0.717, 1.165) is 77.0 Å². The fourth-order valence-corrected chi connectivity index (χ4v) is 8.85. The highest BCUT2D eigenvalue weighted by molar-refractivity contribution is 7.47. The second kappa shape index (κ2) is 34.2. The van der Waals surface area contributed by atoms with Crippen molar-refractivity contribution < 1.29 is 46.8 Å². The summed E-state index contributed by atoms with van der Waals surface area (Å²) in [5.74, 6) is -0.829. The Morgan fingerprint density at radius 3 is 1.64 bits per heavy atom. The number of unbranched alkanes of at least 4 members (excludes halogenated alkanes) is 22. The highest BCUT2D eigenvalue weighted by Gasteiger charge is 2.51. The van der Waals surface area contributed by atoms with E-state index >= 15 is 0 Å². The van der Waals surface area contributed by atoms with Gasteiger partial charge in [0.2, 0.25) is 0 Å². The maximum atomic E-state index is 13.6. The second-order valence-corrected chi connectivity index (χ2v) is 20.8. The highest BCUT2D eigenvalue weighted by Crippen LogP contribution is 2.45. The van der Waals surface area contributed by atoms with Crippen LogP contribution in [0.5, 0.6) is 0 Å². The summed E-state index contributed by atoms with van der Waals surface area (Å²) in [4.78, 5) is 50.6. The zero-order valence-electron chi connectivity index (χ0n) is 42.2. The van der Waals surface area contributed by atoms with Crippen LogP contribution in [0.2, 0.25) is 0 Å². The molecule has 0 bridgehead atoms. The van der Waals surface area contributed by atoms with Crippen LogP contribution < -0.4 is 5.73 Å². The molecular formula is C51H90N6O9P+. The summed E-state index contributed by atoms with van der Waals surface area (Å²) in [5, 5.41) is 0. The number of nitrogens with zero attached hydrogens (tertiary/aromatic N) is 5. The van der Waals surface area contributed by atoms with Gasteiger partial charge in [-0.25, -0.2) is 19.5 Å². The molecule has 3 N–H and O–H groups in total. The molecule has 0 aliphatic carbocycles. The van der Waals surface area contributed by atoms with Crippen LogP contribution in [-0.2, 0) is 37.4 Å². The van der Waals surface area contributed by atoms with Gasteiger partial charge in [-0.05, 0) is 64.2 Å². The molecule has 1 fully saturated rings. The minimum atomic E-state index is -4.55. The summed E-state index contributed by atoms with van der Waals surface area (Å²) in [6, 6.07) is 0. The van der Waals surface area contributed by atoms with E-state index in [2.05, 4.69) is 53.1 Å². The Balaban J connectivity index is 1.60. The zero-order chi connectivity index (χ0) is 48.6. The maximum absolute atomic E-state index is 13.6. The average Bonchev–Trinajstić information content (AvgIpc) is 3.86. The number of allylic oxidation sites excluding steroid dienone is 4. The van der Waals surface area contributed by atoms with Crippen LogP contribution in [-0.4, -0.2) is 100 Å². The number of quaternary nitrogens is 1. The molecule has 0 spiro atoms. The first-order valence-electron chi connectivity index (χ1n) is 26.0. The fourth-order valence-electron chi connectivity index (χ4n) is 8.13. The molecule has 382 valence electrons. The van der Waals surface area contributed by atoms with Crippen molar-refractivity contribution >= 4 is 36.7 Å². The number of hydrogen-bond donors (Lipinski definition) is 2. The molecule has 2 aromatic heterocycles. The molecule has 1 aliphatic heterocycles. The van der Waals surface area contributed by atoms with E-state index in [-0.39, 0.29) is 25.3 Å². The highest BCUT2D eigenvalue weighted by atomic mass is 31.2. The molecule has 0 aromatic carbocycles. The first-order chi connectivity index (χ1) is 32.3. The Hall–Kier alpha value is -3.20. The van der Waals surface area contributed by atoms with E-state index in [1.165, 1.54) is 89.7 Å². The Bertz CT molecular complexity index is 1750. The van der Waals surface area contributed by atoms with Gasteiger partial charge in [-0.1, -0.05) is 141 Å². The number of carbonyl (C=O) groups excluding carboxylic acids is 2. The van der Waals surface area contributed by atoms with Gasteiger partial charge >= 0.3 is 19.8 Å². The third-order valence-electron chi connectivity index (χ3n) is 12.2. The lowest BCUT2D eigenvalue weighted by Crippen LogP contribution is -2.41. The summed E-state index contributed by atoms with van der Waals surface area (Å²) in [6.07, 6.45) is 37.2. The number of nitrogens with two attached hydrogens (primary N) is 1. The van der Waals surface area contributed by atoms with Gasteiger partial charge in [-0.2, -0.15) is 0 Å². The van der Waals surface area contributed by atoms with Crippen LogP contribution in [0, 0.1) is 0 Å². The van der Waals surface area contributed by atoms with Gasteiger partial charge in [0.25, 0.3) is 0 Å². The number of carbonyl (C=O) groups is 2. The number of imidazole rings is 1. The molecule has 3 rings (SSSR count). The first kappa shape index (κ1) is 58.1. The summed E-state index contributed by atoms with van der Waals surface area (Å²) in [7, 11) is 1.26. The SMILES string of the molecule is CCCCCCCC/C=C\CCCCCCCC(=O)O[C@@H]1[C@H](OC(=O)CCCCCCC/C=C\CCCCCCCC)[C@@H](COP(=O)(O)OCC[N+](C)(C)C)O[C@H]1n1cnc2c(N)ncnc21. The van der Waals surface area contributed by atoms with Crippen molar-refractivity contribution in [3.63, 3.8) is 0 Å². The number of aromatic nitrogens is 4. The summed E-state index contributed by atoms with van der Waals surface area (Å²) < 4.78 is 44.5. The van der Waals surface area contributed by atoms with Crippen molar-refractivity contribution in [1.82, 2.24) is 19.5 Å². The number of hydrogen-bond acceptors (Lipinski definition) is 12. The van der Waals surface area contributed by atoms with E-state index < -0.39 is 50.9 Å². The molecule has 0 saturated carbocycles. The molecule has 15 nitrogen and oxygen atoms in total. The number of likely N-dealkylation sites (N-methyl/N-ethyl adjacent to an activating group) is 1. The van der Waals surface area contributed by atoms with Crippen LogP contribution in [0.15, 0.2) is 37.0 Å². The first-order valence-corrected chi connectivity index (χ1v) is 27.5. The summed E-state index contributed by atoms with van der Waals surface area (Å²) >= 11 is 0. The number of anilines is 1. The molecule has 1 saturated heterocycles. The van der Waals surface area contributed by atoms with Crippen LogP contribution in [0.25, 0.3) is 11.2 Å². The minimum Gasteiger partial charge on any atom is -0.455 e. The number of ether oxygens (including phenoxy) is 3. The molecule has 0 radical (unpaired) electrons. The lowest BCUT2D eigenvalue weighted by Gasteiger charge is -2.25. The van der Waals surface area contributed by atoms with Gasteiger partial charge in [0, 0.05) is 12.8 Å². The Morgan fingerprint density at radius 2 is 1.15 bits per heavy atom. The number of nitrogen functional groups attached to an aromatic ring is 1. The van der Waals surface area contributed by atoms with Crippen LogP contribution >= 0.6 is 7.82 Å². The predicted molar refractivity (Wildman–Crippen MR) is 267 cm³/mol. The van der Waals surface area contributed by atoms with Crippen LogP contribution in [0.1, 0.15) is 200 Å². The van der Waals surface area contributed by atoms with Gasteiger partial charge in [0.1, 0.15) is 31.1 Å². The standard InChI is InChI=1S/C51H89N6O9P/c1-6-8-10-12-14-16-18-20-22-24-26-28-30-32-34-36-44(58)65-47-43(40-63-67(60,61)62-39-38-57(3,4)5)64-51(56-42-55-46-49(52)53-41-54-50(46)56)48(47)66-45(59)37-35-33-31-29-27-25-23-21-19-17-15-13-11-9-7-2/h20-23,41-43,47-48,51H,6-19,24-40H2,1-5H3,(H2-,52,53,54,60,61)/p+1/b22-20-,23-21-/t43-,47-,48-,51-/m1/s1. The summed E-state index contributed by atoms with van der Waals surface area (Å²) in [6.45, 7) is 4.43. The maximum Gasteiger partial charge on any atom is 0.472 e. The number of fused-ring (bicyclic) bond motifs is 1. The van der Waals surface area contributed by atoms with Gasteiger partial charge in [-0.15, -0.1) is 0 Å². The molecule has 67 heavy (non-hydrogen) atoms. The zero-order valence-corrected chi connectivity index (χ0v) is 43.1. The molecule has 16 heteroatoms. The van der Waals surface area contributed by atoms with E-state index in [1.54, 1.807) is 4.57 Å². The van der Waals surface area contributed by atoms with Crippen molar-refractivity contribution in [2.75, 3.05) is 46.6 Å². The molecular weight excluding hydrogens is 872 g/mol. The van der Waals surface area contributed by atoms with E-state index in [0.29, 0.717) is 35.0 Å². The molecule has 0 amide bonds. The van der Waals surface area contributed by atoms with Crippen molar-refractivity contribution in [2.45, 2.75) is 218 Å². The topological polar surface area (TPSA) is 187 Å². The normalized spacial score (nSPS) is 18.7. The predicted octanol–water partition coefficient (Wildman–Crippen LogP) is 12.0. The third kappa shape index (κ3) is 25.3. The summed E-state index contributed by atoms with van der Waals surface area (Å²) in [5.41, 5.74) is 6.75. The van der Waals surface area contributed by atoms with Crippen molar-refractivity contribution in [1.29, 1.82) is 0 Å². The number of rotatable bonds is 40. The Morgan fingerprint density at radius 1 is 0.687 bits per heavy atom. The number of phosphoric ester groups is 1. The van der Waals surface area contributed by atoms with E-state index in [9.17, 15) is 19.0 Å². The van der Waals surface area contributed by atoms with Crippen molar-refractivity contribution in [3.05, 3.63) is 37.0 Å². The molecule has 3 heterocycles. The molecule has 2 aromatic rings. The number of phosphoric acid groups is 1. The van der Waals surface area contributed by atoms with Gasteiger partial charge < -0.3 is 29.3 Å². The van der Waals surface area contributed by atoms with Crippen LogP contribution in [0.3, 0.4) is 0 Å². The number of esters is 2. The van der Waals surface area contributed by atoms with E-state index in [1.807, 2.05) is 21.1 Å². The smallest absolute Gasteiger partial charge is 0.455 e. The van der Waals surface area contributed by atoms with E-state index in [4.69, 9.17) is 29.0 Å². The van der Waals surface area contributed by atoms with Gasteiger partial charge in [0.05, 0.1) is 34.1 Å². The van der Waals surface area contributed by atoms with Crippen LogP contribution in [0.4, 0.5) is 5.82 Å². The average molecular weight is 962 g/mol. The lowest BCUT2D eigenvalue weighted by molar-refractivity contribution is -0.870. The van der Waals surface area contributed by atoms with Crippen molar-refractivity contribution in [3.8, 4) is 0 Å². The quantitative estimate of drug-likeness (QED) is 0.0211.